The fourth-order valence-corrected chi connectivity index (χ4v) is 2.21. The number of rotatable bonds is 4. The molecule has 0 saturated heterocycles. The molecule has 0 aliphatic carbocycles. The van der Waals surface area contributed by atoms with E-state index in [-0.39, 0.29) is 16.3 Å². The number of nitrogens with zero attached hydrogens (tertiary/aromatic N) is 3. The number of nitro groups is 1. The van der Waals surface area contributed by atoms with Gasteiger partial charge in [-0.15, -0.1) is 0 Å². The summed E-state index contributed by atoms with van der Waals surface area (Å²) in [4.78, 5) is 22.4. The fourth-order valence-electron chi connectivity index (χ4n) is 1.93. The zero-order valence-electron chi connectivity index (χ0n) is 11.5. The second-order valence-corrected chi connectivity index (χ2v) is 4.74. The molecule has 2 aromatic rings. The smallest absolute Gasteiger partial charge is 0.288 e. The maximum atomic E-state index is 12.2. The van der Waals surface area contributed by atoms with Crippen molar-refractivity contribution >= 4 is 28.9 Å². The first kappa shape index (κ1) is 15.0. The predicted octanol–water partition coefficient (Wildman–Crippen LogP) is 2.80. The van der Waals surface area contributed by atoms with Crippen molar-refractivity contribution in [2.24, 2.45) is 7.05 Å². The van der Waals surface area contributed by atoms with Gasteiger partial charge >= 0.3 is 0 Å². The van der Waals surface area contributed by atoms with Gasteiger partial charge in [-0.05, 0) is 12.5 Å². The van der Waals surface area contributed by atoms with E-state index in [0.29, 0.717) is 12.1 Å². The number of halogens is 1. The lowest BCUT2D eigenvalue weighted by molar-refractivity contribution is -0.384. The van der Waals surface area contributed by atoms with Gasteiger partial charge in [0.1, 0.15) is 5.02 Å². The summed E-state index contributed by atoms with van der Waals surface area (Å²) in [6, 6.07) is 4.11. The molecule has 0 fully saturated rings. The van der Waals surface area contributed by atoms with Gasteiger partial charge in [-0.25, -0.2) is 0 Å². The Labute approximate surface area is 125 Å². The van der Waals surface area contributed by atoms with E-state index in [1.165, 1.54) is 18.2 Å². The van der Waals surface area contributed by atoms with Crippen LogP contribution in [0.2, 0.25) is 5.02 Å². The molecule has 8 heteroatoms. The van der Waals surface area contributed by atoms with Crippen LogP contribution in [-0.4, -0.2) is 20.6 Å². The number of aromatic nitrogens is 2. The third-order valence-corrected chi connectivity index (χ3v) is 3.31. The minimum absolute atomic E-state index is 0.0526. The highest BCUT2D eigenvalue weighted by Crippen LogP contribution is 2.28. The van der Waals surface area contributed by atoms with E-state index in [0.717, 1.165) is 5.69 Å². The summed E-state index contributed by atoms with van der Waals surface area (Å²) in [6.07, 6.45) is 2.32. The lowest BCUT2D eigenvalue weighted by atomic mass is 10.2. The molecule has 0 aliphatic heterocycles. The molecule has 1 aromatic carbocycles. The molecule has 1 amide bonds. The van der Waals surface area contributed by atoms with Gasteiger partial charge < -0.3 is 5.32 Å². The Kier molecular flexibility index (Phi) is 4.23. The van der Waals surface area contributed by atoms with Crippen molar-refractivity contribution < 1.29 is 9.72 Å². The van der Waals surface area contributed by atoms with Crippen LogP contribution in [-0.2, 0) is 13.5 Å². The van der Waals surface area contributed by atoms with E-state index < -0.39 is 10.8 Å². The molecule has 2 rings (SSSR count). The summed E-state index contributed by atoms with van der Waals surface area (Å²) in [5.74, 6) is -0.508. The molecule has 1 aromatic heterocycles. The summed E-state index contributed by atoms with van der Waals surface area (Å²) in [5.41, 5.74) is 1.04. The summed E-state index contributed by atoms with van der Waals surface area (Å²) in [6.45, 7) is 1.92. The summed E-state index contributed by atoms with van der Waals surface area (Å²) in [5, 5.41) is 17.5. The van der Waals surface area contributed by atoms with Crippen molar-refractivity contribution in [1.82, 2.24) is 9.78 Å². The molecule has 0 spiro atoms. The number of nitrogens with one attached hydrogen (secondary N) is 1. The van der Waals surface area contributed by atoms with Crippen LogP contribution < -0.4 is 5.32 Å². The molecular weight excluding hydrogens is 296 g/mol. The van der Waals surface area contributed by atoms with E-state index >= 15 is 0 Å². The molecule has 0 saturated carbocycles. The van der Waals surface area contributed by atoms with E-state index in [9.17, 15) is 14.9 Å². The van der Waals surface area contributed by atoms with Crippen molar-refractivity contribution in [3.63, 3.8) is 0 Å². The first-order valence-electron chi connectivity index (χ1n) is 6.20. The van der Waals surface area contributed by atoms with Gasteiger partial charge in [0.25, 0.3) is 11.6 Å². The predicted molar refractivity (Wildman–Crippen MR) is 78.6 cm³/mol. The van der Waals surface area contributed by atoms with Crippen LogP contribution in [0.4, 0.5) is 11.4 Å². The third-order valence-electron chi connectivity index (χ3n) is 2.91. The second kappa shape index (κ2) is 5.92. The molecular formula is C13H13ClN4O3. The van der Waals surface area contributed by atoms with Crippen molar-refractivity contribution in [3.8, 4) is 0 Å². The molecule has 0 atom stereocenters. The topological polar surface area (TPSA) is 90.1 Å². The minimum atomic E-state index is -0.624. The molecule has 0 radical (unpaired) electrons. The molecule has 0 bridgehead atoms. The maximum absolute atomic E-state index is 12.2. The van der Waals surface area contributed by atoms with Crippen LogP contribution in [0.25, 0.3) is 0 Å². The first-order valence-corrected chi connectivity index (χ1v) is 6.58. The SMILES string of the molecule is CCc1nn(C)cc1NC(=O)c1cccc([N+](=O)[O-])c1Cl. The molecule has 110 valence electrons. The molecule has 0 aliphatic rings. The molecule has 0 unspecified atom stereocenters. The van der Waals surface area contributed by atoms with Gasteiger partial charge in [-0.3, -0.25) is 19.6 Å². The van der Waals surface area contributed by atoms with Crippen LogP contribution in [0.1, 0.15) is 23.0 Å². The zero-order valence-corrected chi connectivity index (χ0v) is 12.2. The average molecular weight is 309 g/mol. The largest absolute Gasteiger partial charge is 0.319 e. The summed E-state index contributed by atoms with van der Waals surface area (Å²) in [7, 11) is 1.75. The van der Waals surface area contributed by atoms with Crippen LogP contribution >= 0.6 is 11.6 Å². The van der Waals surface area contributed by atoms with Crippen LogP contribution in [0, 0.1) is 10.1 Å². The lowest BCUT2D eigenvalue weighted by Gasteiger charge is -2.06. The van der Waals surface area contributed by atoms with Gasteiger partial charge in [-0.1, -0.05) is 24.6 Å². The standard InChI is InChI=1S/C13H13ClN4O3/c1-3-9-10(7-17(2)16-9)15-13(19)8-5-4-6-11(12(8)14)18(20)21/h4-7H,3H2,1-2H3,(H,15,19). The number of hydrogen-bond acceptors (Lipinski definition) is 4. The Bertz CT molecular complexity index is 711. The van der Waals surface area contributed by atoms with E-state index in [1.807, 2.05) is 6.92 Å². The normalized spacial score (nSPS) is 10.4. The second-order valence-electron chi connectivity index (χ2n) is 4.37. The number of carbonyl (C=O) groups excluding carboxylic acids is 1. The zero-order chi connectivity index (χ0) is 15.6. The first-order chi connectivity index (χ1) is 9.93. The highest BCUT2D eigenvalue weighted by atomic mass is 35.5. The van der Waals surface area contributed by atoms with Gasteiger partial charge in [0, 0.05) is 19.3 Å². The summed E-state index contributed by atoms with van der Waals surface area (Å²) < 4.78 is 1.59. The van der Waals surface area contributed by atoms with E-state index in [4.69, 9.17) is 11.6 Å². The number of aryl methyl sites for hydroxylation is 2. The highest BCUT2D eigenvalue weighted by Gasteiger charge is 2.21. The number of nitro benzene ring substituents is 1. The quantitative estimate of drug-likeness (QED) is 0.694. The highest BCUT2D eigenvalue weighted by molar-refractivity contribution is 6.36. The van der Waals surface area contributed by atoms with Crippen molar-refractivity contribution in [1.29, 1.82) is 0 Å². The van der Waals surface area contributed by atoms with E-state index in [1.54, 1.807) is 17.9 Å². The molecule has 21 heavy (non-hydrogen) atoms. The van der Waals surface area contributed by atoms with Crippen LogP contribution in [0.3, 0.4) is 0 Å². The van der Waals surface area contributed by atoms with Gasteiger partial charge in [0.05, 0.1) is 21.9 Å². The maximum Gasteiger partial charge on any atom is 0.288 e. The lowest BCUT2D eigenvalue weighted by Crippen LogP contribution is -2.13. The Balaban J connectivity index is 2.33. The van der Waals surface area contributed by atoms with E-state index in [2.05, 4.69) is 10.4 Å². The monoisotopic (exact) mass is 308 g/mol. The fraction of sp³-hybridized carbons (Fsp3) is 0.231. The Morgan fingerprint density at radius 1 is 1.52 bits per heavy atom. The van der Waals surface area contributed by atoms with Gasteiger partial charge in [-0.2, -0.15) is 5.10 Å². The van der Waals surface area contributed by atoms with Crippen LogP contribution in [0.15, 0.2) is 24.4 Å². The number of hydrogen-bond donors (Lipinski definition) is 1. The number of anilines is 1. The van der Waals surface area contributed by atoms with Gasteiger partial charge in [0.2, 0.25) is 0 Å². The summed E-state index contributed by atoms with van der Waals surface area (Å²) >= 11 is 5.92. The Morgan fingerprint density at radius 3 is 2.86 bits per heavy atom. The number of amides is 1. The Hall–Kier alpha value is -2.41. The van der Waals surface area contributed by atoms with Crippen molar-refractivity contribution in [2.75, 3.05) is 5.32 Å². The van der Waals surface area contributed by atoms with Gasteiger partial charge in [0.15, 0.2) is 0 Å². The number of benzene rings is 1. The number of carbonyl (C=O) groups is 1. The molecule has 1 heterocycles. The van der Waals surface area contributed by atoms with Crippen molar-refractivity contribution in [3.05, 3.63) is 50.8 Å². The third kappa shape index (κ3) is 3.03. The molecule has 7 nitrogen and oxygen atoms in total. The molecule has 1 N–H and O–H groups in total. The average Bonchev–Trinajstić information content (AvgIpc) is 2.78. The minimum Gasteiger partial charge on any atom is -0.319 e. The Morgan fingerprint density at radius 2 is 2.24 bits per heavy atom. The van der Waals surface area contributed by atoms with Crippen molar-refractivity contribution in [2.45, 2.75) is 13.3 Å². The van der Waals surface area contributed by atoms with Crippen LogP contribution in [0.5, 0.6) is 0 Å².